The number of amides is 1. The molecule has 3 aromatic rings. The lowest BCUT2D eigenvalue weighted by molar-refractivity contribution is 0.0473. The number of aromatic nitrogens is 1. The van der Waals surface area contributed by atoms with E-state index in [9.17, 15) is 14.4 Å². The maximum Gasteiger partial charge on any atom is 0.338 e. The summed E-state index contributed by atoms with van der Waals surface area (Å²) in [6.45, 7) is -0.356. The Labute approximate surface area is 147 Å². The van der Waals surface area contributed by atoms with Crippen molar-refractivity contribution in [3.63, 3.8) is 0 Å². The number of rotatable bonds is 6. The number of thiophene rings is 1. The van der Waals surface area contributed by atoms with E-state index in [0.29, 0.717) is 16.3 Å². The predicted octanol–water partition coefficient (Wildman–Crippen LogP) is 3.37. The number of hydrogen-bond acceptors (Lipinski definition) is 5. The molecule has 0 unspecified atom stereocenters. The first-order chi connectivity index (χ1) is 12.1. The van der Waals surface area contributed by atoms with Gasteiger partial charge in [0.1, 0.15) is 0 Å². The molecule has 0 aliphatic heterocycles. The number of esters is 1. The third kappa shape index (κ3) is 4.21. The number of ether oxygens (including phenoxy) is 1. The van der Waals surface area contributed by atoms with Crippen LogP contribution in [0.25, 0.3) is 0 Å². The number of benzene rings is 1. The molecular formula is C18H14N2O4S. The third-order valence-corrected chi connectivity index (χ3v) is 4.20. The highest BCUT2D eigenvalue weighted by atomic mass is 32.1. The van der Waals surface area contributed by atoms with Crippen LogP contribution in [0.15, 0.2) is 60.1 Å². The van der Waals surface area contributed by atoms with Crippen LogP contribution in [0.1, 0.15) is 30.5 Å². The minimum Gasteiger partial charge on any atom is -0.454 e. The Bertz CT molecular complexity index is 886. The number of carbonyl (C=O) groups is 3. The monoisotopic (exact) mass is 354 g/mol. The average Bonchev–Trinajstić information content (AvgIpc) is 3.33. The van der Waals surface area contributed by atoms with Crippen molar-refractivity contribution in [2.24, 2.45) is 0 Å². The van der Waals surface area contributed by atoms with E-state index in [1.807, 2.05) is 5.38 Å². The van der Waals surface area contributed by atoms with Crippen LogP contribution in [0.2, 0.25) is 0 Å². The lowest BCUT2D eigenvalue weighted by atomic mass is 10.2. The second-order valence-electron chi connectivity index (χ2n) is 5.10. The van der Waals surface area contributed by atoms with Gasteiger partial charge in [0, 0.05) is 11.9 Å². The first-order valence-corrected chi connectivity index (χ1v) is 8.30. The molecule has 2 aromatic heterocycles. The fraction of sp³-hybridized carbons (Fsp3) is 0.0556. The topological polar surface area (TPSA) is 88.3 Å². The van der Waals surface area contributed by atoms with Gasteiger partial charge in [0.15, 0.2) is 6.61 Å². The summed E-state index contributed by atoms with van der Waals surface area (Å²) in [4.78, 5) is 39.3. The largest absolute Gasteiger partial charge is 0.454 e. The summed E-state index contributed by atoms with van der Waals surface area (Å²) < 4.78 is 5.03. The molecule has 0 aliphatic carbocycles. The number of anilines is 1. The smallest absolute Gasteiger partial charge is 0.338 e. The Morgan fingerprint density at radius 3 is 2.68 bits per heavy atom. The van der Waals surface area contributed by atoms with Gasteiger partial charge in [-0.2, -0.15) is 0 Å². The van der Waals surface area contributed by atoms with Crippen molar-refractivity contribution >= 4 is 34.7 Å². The van der Waals surface area contributed by atoms with Gasteiger partial charge in [0.2, 0.25) is 5.78 Å². The normalized spacial score (nSPS) is 10.2. The van der Waals surface area contributed by atoms with Crippen molar-refractivity contribution in [2.75, 3.05) is 11.9 Å². The van der Waals surface area contributed by atoms with Crippen LogP contribution in [-0.2, 0) is 4.74 Å². The van der Waals surface area contributed by atoms with Crippen LogP contribution in [-0.4, -0.2) is 29.3 Å². The second-order valence-corrected chi connectivity index (χ2v) is 6.04. The van der Waals surface area contributed by atoms with Crippen molar-refractivity contribution in [3.8, 4) is 0 Å². The van der Waals surface area contributed by atoms with Crippen LogP contribution in [0.5, 0.6) is 0 Å². The predicted molar refractivity (Wildman–Crippen MR) is 94.1 cm³/mol. The van der Waals surface area contributed by atoms with Gasteiger partial charge in [0.25, 0.3) is 5.91 Å². The summed E-state index contributed by atoms with van der Waals surface area (Å²) in [6.07, 6.45) is 1.62. The number of ketones is 1. The zero-order chi connectivity index (χ0) is 17.6. The third-order valence-electron chi connectivity index (χ3n) is 3.33. The van der Waals surface area contributed by atoms with Gasteiger partial charge in [-0.25, -0.2) is 4.79 Å². The molecule has 7 heteroatoms. The fourth-order valence-electron chi connectivity index (χ4n) is 2.12. The van der Waals surface area contributed by atoms with E-state index in [1.165, 1.54) is 17.4 Å². The molecule has 0 spiro atoms. The minimum absolute atomic E-state index is 0.248. The summed E-state index contributed by atoms with van der Waals surface area (Å²) in [7, 11) is 0. The maximum atomic E-state index is 12.1. The van der Waals surface area contributed by atoms with Gasteiger partial charge >= 0.3 is 5.97 Å². The molecule has 0 bridgehead atoms. The zero-order valence-electron chi connectivity index (χ0n) is 13.0. The van der Waals surface area contributed by atoms with Crippen LogP contribution >= 0.6 is 11.3 Å². The first kappa shape index (κ1) is 16.7. The summed E-state index contributed by atoms with van der Waals surface area (Å²) in [5.74, 6) is -1.20. The number of carbonyl (C=O) groups excluding carboxylic acids is 3. The highest BCUT2D eigenvalue weighted by Crippen LogP contribution is 2.15. The summed E-state index contributed by atoms with van der Waals surface area (Å²) in [5, 5.41) is 4.53. The number of hydrogen-bond donors (Lipinski definition) is 2. The molecule has 0 saturated heterocycles. The molecule has 2 heterocycles. The average molecular weight is 354 g/mol. The Kier molecular flexibility index (Phi) is 5.06. The van der Waals surface area contributed by atoms with Crippen molar-refractivity contribution in [1.29, 1.82) is 0 Å². The zero-order valence-corrected chi connectivity index (χ0v) is 13.8. The molecule has 3 rings (SSSR count). The van der Waals surface area contributed by atoms with Crippen LogP contribution in [0.3, 0.4) is 0 Å². The van der Waals surface area contributed by atoms with Crippen molar-refractivity contribution in [1.82, 2.24) is 4.98 Å². The van der Waals surface area contributed by atoms with Gasteiger partial charge in [0.05, 0.1) is 16.1 Å². The fourth-order valence-corrected chi connectivity index (χ4v) is 2.74. The van der Waals surface area contributed by atoms with Gasteiger partial charge in [-0.05, 0) is 41.8 Å². The summed E-state index contributed by atoms with van der Waals surface area (Å²) in [5.41, 5.74) is 1.11. The molecular weight excluding hydrogens is 340 g/mol. The highest BCUT2D eigenvalue weighted by molar-refractivity contribution is 7.12. The molecule has 2 N–H and O–H groups in total. The number of H-pyrrole nitrogens is 1. The SMILES string of the molecule is O=C(OCC(=O)c1ccc[nH]1)c1cccc(NC(=O)c2cccs2)c1. The van der Waals surface area contributed by atoms with Crippen LogP contribution < -0.4 is 5.32 Å². The van der Waals surface area contributed by atoms with Crippen molar-refractivity contribution < 1.29 is 19.1 Å². The molecule has 25 heavy (non-hydrogen) atoms. The molecule has 6 nitrogen and oxygen atoms in total. The molecule has 0 fully saturated rings. The minimum atomic E-state index is -0.632. The second kappa shape index (κ2) is 7.59. The van der Waals surface area contributed by atoms with Crippen LogP contribution in [0.4, 0.5) is 5.69 Å². The molecule has 0 atom stereocenters. The van der Waals surface area contributed by atoms with Gasteiger partial charge in [-0.1, -0.05) is 12.1 Å². The molecule has 1 aromatic carbocycles. The van der Waals surface area contributed by atoms with E-state index in [-0.39, 0.29) is 23.9 Å². The number of nitrogens with one attached hydrogen (secondary N) is 2. The van der Waals surface area contributed by atoms with E-state index in [0.717, 1.165) is 0 Å². The van der Waals surface area contributed by atoms with E-state index in [2.05, 4.69) is 10.3 Å². The number of aromatic amines is 1. The molecule has 0 saturated carbocycles. The van der Waals surface area contributed by atoms with E-state index in [4.69, 9.17) is 4.74 Å². The Morgan fingerprint density at radius 1 is 1.08 bits per heavy atom. The highest BCUT2D eigenvalue weighted by Gasteiger charge is 2.13. The van der Waals surface area contributed by atoms with Crippen LogP contribution in [0, 0.1) is 0 Å². The maximum absolute atomic E-state index is 12.1. The molecule has 126 valence electrons. The Balaban J connectivity index is 1.61. The Hall–Kier alpha value is -3.19. The number of Topliss-reactive ketones (excluding diaryl/α,β-unsaturated/α-hetero) is 1. The molecule has 0 radical (unpaired) electrons. The molecule has 0 aliphatic rings. The van der Waals surface area contributed by atoms with Crippen molar-refractivity contribution in [3.05, 3.63) is 76.2 Å². The first-order valence-electron chi connectivity index (χ1n) is 7.42. The molecule has 1 amide bonds. The van der Waals surface area contributed by atoms with E-state index < -0.39 is 5.97 Å². The quantitative estimate of drug-likeness (QED) is 0.525. The van der Waals surface area contributed by atoms with E-state index in [1.54, 1.807) is 48.7 Å². The van der Waals surface area contributed by atoms with Crippen molar-refractivity contribution in [2.45, 2.75) is 0 Å². The lowest BCUT2D eigenvalue weighted by Crippen LogP contribution is -2.15. The summed E-state index contributed by atoms with van der Waals surface area (Å²) >= 11 is 1.33. The van der Waals surface area contributed by atoms with Gasteiger partial charge in [-0.15, -0.1) is 11.3 Å². The van der Waals surface area contributed by atoms with Gasteiger partial charge in [-0.3, -0.25) is 9.59 Å². The van der Waals surface area contributed by atoms with Gasteiger partial charge < -0.3 is 15.0 Å². The lowest BCUT2D eigenvalue weighted by Gasteiger charge is -2.07. The Morgan fingerprint density at radius 2 is 1.96 bits per heavy atom. The van der Waals surface area contributed by atoms with E-state index >= 15 is 0 Å². The summed E-state index contributed by atoms with van der Waals surface area (Å²) in [6, 6.07) is 13.2. The standard InChI is InChI=1S/C18H14N2O4S/c21-15(14-6-2-8-19-14)11-24-18(23)12-4-1-5-13(10-12)20-17(22)16-7-3-9-25-16/h1-10,19H,11H2,(H,20,22).